The predicted molar refractivity (Wildman–Crippen MR) is 75.2 cm³/mol. The van der Waals surface area contributed by atoms with Gasteiger partial charge in [-0.2, -0.15) is 5.26 Å². The van der Waals surface area contributed by atoms with Gasteiger partial charge in [-0.15, -0.1) is 0 Å². The summed E-state index contributed by atoms with van der Waals surface area (Å²) in [6.45, 7) is 2.08. The van der Waals surface area contributed by atoms with Crippen LogP contribution >= 0.6 is 0 Å². The van der Waals surface area contributed by atoms with Crippen molar-refractivity contribution in [3.8, 4) is 6.07 Å². The summed E-state index contributed by atoms with van der Waals surface area (Å²) in [5, 5.41) is 8.48. The van der Waals surface area contributed by atoms with Gasteiger partial charge in [-0.25, -0.2) is 12.8 Å². The molecule has 1 fully saturated rings. The van der Waals surface area contributed by atoms with Crippen molar-refractivity contribution in [2.45, 2.75) is 43.6 Å². The molecule has 0 spiro atoms. The molecule has 1 aliphatic rings. The molecule has 108 valence electrons. The summed E-state index contributed by atoms with van der Waals surface area (Å²) in [4.78, 5) is 0. The summed E-state index contributed by atoms with van der Waals surface area (Å²) in [6.07, 6.45) is 3.44. The van der Waals surface area contributed by atoms with Gasteiger partial charge in [0, 0.05) is 0 Å². The van der Waals surface area contributed by atoms with E-state index >= 15 is 0 Å². The Morgan fingerprint density at radius 3 is 2.80 bits per heavy atom. The van der Waals surface area contributed by atoms with E-state index in [2.05, 4.69) is 6.92 Å². The van der Waals surface area contributed by atoms with E-state index in [1.807, 2.05) is 0 Å². The molecule has 2 atom stereocenters. The zero-order chi connectivity index (χ0) is 14.8. The van der Waals surface area contributed by atoms with E-state index in [1.165, 1.54) is 12.1 Å². The fourth-order valence-corrected chi connectivity index (χ4v) is 4.83. The van der Waals surface area contributed by atoms with Crippen molar-refractivity contribution in [1.29, 1.82) is 5.26 Å². The van der Waals surface area contributed by atoms with Gasteiger partial charge >= 0.3 is 0 Å². The van der Waals surface area contributed by atoms with Crippen LogP contribution in [0.4, 0.5) is 4.39 Å². The minimum atomic E-state index is -3.24. The van der Waals surface area contributed by atoms with Crippen molar-refractivity contribution in [2.75, 3.05) is 0 Å². The first kappa shape index (κ1) is 15.0. The van der Waals surface area contributed by atoms with Gasteiger partial charge in [0.25, 0.3) is 0 Å². The molecule has 0 saturated heterocycles. The lowest BCUT2D eigenvalue weighted by molar-refractivity contribution is 0.382. The molecule has 0 amide bonds. The lowest BCUT2D eigenvalue weighted by atomic mass is 9.91. The Kier molecular flexibility index (Phi) is 4.44. The quantitative estimate of drug-likeness (QED) is 0.860. The molecule has 0 bridgehead atoms. The van der Waals surface area contributed by atoms with E-state index in [9.17, 15) is 12.8 Å². The van der Waals surface area contributed by atoms with Crippen LogP contribution in [0.1, 0.15) is 43.7 Å². The van der Waals surface area contributed by atoms with E-state index in [0.717, 1.165) is 18.9 Å². The Labute approximate surface area is 119 Å². The Morgan fingerprint density at radius 2 is 2.15 bits per heavy atom. The molecular weight excluding hydrogens is 277 g/mol. The number of rotatable bonds is 3. The zero-order valence-electron chi connectivity index (χ0n) is 11.5. The van der Waals surface area contributed by atoms with Crippen LogP contribution in [0.15, 0.2) is 18.2 Å². The number of halogens is 1. The molecule has 0 aromatic heterocycles. The molecule has 1 aliphatic carbocycles. The molecule has 0 aliphatic heterocycles. The molecule has 0 heterocycles. The molecule has 1 aromatic rings. The van der Waals surface area contributed by atoms with E-state index < -0.39 is 15.7 Å². The Hall–Kier alpha value is -1.41. The number of hydrogen-bond acceptors (Lipinski definition) is 3. The average Bonchev–Trinajstić information content (AvgIpc) is 2.40. The second-order valence-corrected chi connectivity index (χ2v) is 7.91. The number of sulfone groups is 1. The highest BCUT2D eigenvalue weighted by Crippen LogP contribution is 2.30. The summed E-state index contributed by atoms with van der Waals surface area (Å²) in [6, 6.07) is 5.67. The lowest BCUT2D eigenvalue weighted by Gasteiger charge is -2.26. The Morgan fingerprint density at radius 1 is 1.40 bits per heavy atom. The molecule has 1 saturated carbocycles. The largest absolute Gasteiger partial charge is 0.228 e. The van der Waals surface area contributed by atoms with Crippen molar-refractivity contribution in [3.63, 3.8) is 0 Å². The van der Waals surface area contributed by atoms with E-state index in [1.54, 1.807) is 6.07 Å². The fraction of sp³-hybridized carbons (Fsp3) is 0.533. The molecule has 5 heteroatoms. The van der Waals surface area contributed by atoms with Crippen LogP contribution in [-0.2, 0) is 15.6 Å². The molecule has 3 nitrogen and oxygen atoms in total. The van der Waals surface area contributed by atoms with Gasteiger partial charge in [0.1, 0.15) is 11.9 Å². The smallest absolute Gasteiger partial charge is 0.157 e. The molecule has 1 aromatic carbocycles. The van der Waals surface area contributed by atoms with E-state index in [4.69, 9.17) is 5.26 Å². The standard InChI is InChI=1S/C15H18FNO2S/c1-11-3-2-4-14(7-11)20(18,19)10-12-5-6-15(16)13(8-12)9-17/h5-6,8,11,14H,2-4,7,10H2,1H3. The van der Waals surface area contributed by atoms with Crippen molar-refractivity contribution < 1.29 is 12.8 Å². The molecule has 0 N–H and O–H groups in total. The maximum Gasteiger partial charge on any atom is 0.157 e. The molecular formula is C15H18FNO2S. The van der Waals surface area contributed by atoms with Crippen LogP contribution in [0, 0.1) is 23.1 Å². The number of hydrogen-bond donors (Lipinski definition) is 0. The van der Waals surface area contributed by atoms with E-state index in [0.29, 0.717) is 24.3 Å². The third-order valence-corrected chi connectivity index (χ3v) is 6.09. The first-order valence-corrected chi connectivity index (χ1v) is 8.54. The minimum absolute atomic E-state index is 0.102. The van der Waals surface area contributed by atoms with Gasteiger partial charge in [-0.05, 0) is 36.5 Å². The minimum Gasteiger partial charge on any atom is -0.228 e. The maximum absolute atomic E-state index is 13.2. The SMILES string of the molecule is CC1CCCC(S(=O)(=O)Cc2ccc(F)c(C#N)c2)C1. The maximum atomic E-state index is 13.2. The third-order valence-electron chi connectivity index (χ3n) is 3.92. The van der Waals surface area contributed by atoms with Crippen LogP contribution in [0.5, 0.6) is 0 Å². The van der Waals surface area contributed by atoms with Gasteiger partial charge in [0.05, 0.1) is 16.6 Å². The van der Waals surface area contributed by atoms with Crippen LogP contribution in [-0.4, -0.2) is 13.7 Å². The van der Waals surface area contributed by atoms with Crippen molar-refractivity contribution in [1.82, 2.24) is 0 Å². The first-order chi connectivity index (χ1) is 9.42. The second-order valence-electron chi connectivity index (χ2n) is 5.63. The number of nitriles is 1. The summed E-state index contributed by atoms with van der Waals surface area (Å²) in [5.74, 6) is -0.286. The van der Waals surface area contributed by atoms with Crippen LogP contribution in [0.2, 0.25) is 0 Å². The van der Waals surface area contributed by atoms with Gasteiger partial charge in [-0.1, -0.05) is 25.8 Å². The van der Waals surface area contributed by atoms with Crippen LogP contribution in [0.25, 0.3) is 0 Å². The monoisotopic (exact) mass is 295 g/mol. The zero-order valence-corrected chi connectivity index (χ0v) is 12.3. The highest BCUT2D eigenvalue weighted by Gasteiger charge is 2.30. The van der Waals surface area contributed by atoms with Crippen molar-refractivity contribution >= 4 is 9.84 Å². The summed E-state index contributed by atoms with van der Waals surface area (Å²) >= 11 is 0. The summed E-state index contributed by atoms with van der Waals surface area (Å²) in [5.41, 5.74) is 0.385. The fourth-order valence-electron chi connectivity index (χ4n) is 2.80. The molecule has 20 heavy (non-hydrogen) atoms. The second kappa shape index (κ2) is 5.92. The van der Waals surface area contributed by atoms with Crippen molar-refractivity contribution in [2.24, 2.45) is 5.92 Å². The van der Waals surface area contributed by atoms with Crippen LogP contribution < -0.4 is 0 Å². The van der Waals surface area contributed by atoms with Gasteiger partial charge < -0.3 is 0 Å². The molecule has 0 radical (unpaired) electrons. The third kappa shape index (κ3) is 3.37. The molecule has 2 rings (SSSR count). The van der Waals surface area contributed by atoms with Gasteiger partial charge in [-0.3, -0.25) is 0 Å². The van der Waals surface area contributed by atoms with Gasteiger partial charge in [0.2, 0.25) is 0 Å². The Balaban J connectivity index is 2.18. The van der Waals surface area contributed by atoms with Crippen LogP contribution in [0.3, 0.4) is 0 Å². The number of nitrogens with zero attached hydrogens (tertiary/aromatic N) is 1. The Bertz CT molecular complexity index is 634. The first-order valence-electron chi connectivity index (χ1n) is 6.82. The molecule has 2 unspecified atom stereocenters. The summed E-state index contributed by atoms with van der Waals surface area (Å²) in [7, 11) is -3.24. The topological polar surface area (TPSA) is 57.9 Å². The highest BCUT2D eigenvalue weighted by atomic mass is 32.2. The summed E-state index contributed by atoms with van der Waals surface area (Å²) < 4.78 is 38.1. The normalized spacial score (nSPS) is 23.2. The highest BCUT2D eigenvalue weighted by molar-refractivity contribution is 7.91. The van der Waals surface area contributed by atoms with Gasteiger partial charge in [0.15, 0.2) is 9.84 Å². The lowest BCUT2D eigenvalue weighted by Crippen LogP contribution is -2.28. The van der Waals surface area contributed by atoms with E-state index in [-0.39, 0.29) is 16.6 Å². The van der Waals surface area contributed by atoms with Crippen molar-refractivity contribution in [3.05, 3.63) is 35.1 Å². The predicted octanol–water partition coefficient (Wildman–Crippen LogP) is 3.19. The number of benzene rings is 1. The average molecular weight is 295 g/mol.